The van der Waals surface area contributed by atoms with Crippen molar-refractivity contribution in [1.82, 2.24) is 9.88 Å². The zero-order valence-electron chi connectivity index (χ0n) is 15.6. The van der Waals surface area contributed by atoms with Gasteiger partial charge in [0.25, 0.3) is 0 Å². The molecule has 10 heteroatoms. The maximum absolute atomic E-state index is 13.1. The van der Waals surface area contributed by atoms with Crippen molar-refractivity contribution >= 4 is 17.5 Å². The minimum Gasteiger partial charge on any atom is -0.471 e. The van der Waals surface area contributed by atoms with E-state index in [1.54, 1.807) is 0 Å². The van der Waals surface area contributed by atoms with Gasteiger partial charge in [-0.3, -0.25) is 9.59 Å². The average molecular weight is 423 g/mol. The first-order valence-electron chi connectivity index (χ1n) is 9.26. The van der Waals surface area contributed by atoms with Crippen LogP contribution in [-0.4, -0.2) is 47.4 Å². The number of carbonyl (C=O) groups is 2. The van der Waals surface area contributed by atoms with E-state index in [0.29, 0.717) is 5.69 Å². The second-order valence-corrected chi connectivity index (χ2v) is 7.22. The SMILES string of the molecule is O=C(C1CC(=O)N(c2ccc(F)cc2)C1)N1CC(Oc2cccc(C(F)(F)F)n2)C1. The third-order valence-corrected chi connectivity index (χ3v) is 5.07. The Bertz CT molecular complexity index is 959. The number of amides is 2. The molecule has 0 spiro atoms. The Labute approximate surface area is 169 Å². The van der Waals surface area contributed by atoms with Crippen LogP contribution in [0.25, 0.3) is 0 Å². The maximum atomic E-state index is 13.1. The summed E-state index contributed by atoms with van der Waals surface area (Å²) in [6, 6.07) is 8.85. The predicted molar refractivity (Wildman–Crippen MR) is 97.1 cm³/mol. The third-order valence-electron chi connectivity index (χ3n) is 5.07. The van der Waals surface area contributed by atoms with Crippen LogP contribution in [0.1, 0.15) is 12.1 Å². The Balaban J connectivity index is 1.31. The number of nitrogens with zero attached hydrogens (tertiary/aromatic N) is 3. The van der Waals surface area contributed by atoms with Crippen molar-refractivity contribution in [2.24, 2.45) is 5.92 Å². The number of likely N-dealkylation sites (tertiary alicyclic amines) is 1. The maximum Gasteiger partial charge on any atom is 0.433 e. The first-order chi connectivity index (χ1) is 14.2. The van der Waals surface area contributed by atoms with E-state index in [1.165, 1.54) is 46.2 Å². The van der Waals surface area contributed by atoms with Crippen LogP contribution in [0.3, 0.4) is 0 Å². The average Bonchev–Trinajstić information content (AvgIpc) is 3.06. The number of hydrogen-bond acceptors (Lipinski definition) is 4. The summed E-state index contributed by atoms with van der Waals surface area (Å²) in [7, 11) is 0. The Kier molecular flexibility index (Phi) is 5.08. The normalized spacial score (nSPS) is 19.7. The lowest BCUT2D eigenvalue weighted by atomic mass is 10.0. The Morgan fingerprint density at radius 1 is 1.07 bits per heavy atom. The van der Waals surface area contributed by atoms with E-state index in [4.69, 9.17) is 4.74 Å². The molecule has 2 aliphatic rings. The standard InChI is InChI=1S/C20H17F4N3O3/c21-13-4-6-14(7-5-13)27-9-12(8-18(27)28)19(29)26-10-15(11-26)30-17-3-1-2-16(25-17)20(22,23)24/h1-7,12,15H,8-11H2. The Morgan fingerprint density at radius 2 is 1.77 bits per heavy atom. The molecule has 2 aliphatic heterocycles. The fraction of sp³-hybridized carbons (Fsp3) is 0.350. The lowest BCUT2D eigenvalue weighted by Gasteiger charge is -2.39. The number of ether oxygens (including phenoxy) is 1. The fourth-order valence-corrected chi connectivity index (χ4v) is 3.50. The minimum atomic E-state index is -4.56. The summed E-state index contributed by atoms with van der Waals surface area (Å²) in [4.78, 5) is 31.3. The topological polar surface area (TPSA) is 62.7 Å². The summed E-state index contributed by atoms with van der Waals surface area (Å²) in [6.07, 6.45) is -4.98. The van der Waals surface area contributed by atoms with Gasteiger partial charge in [0.2, 0.25) is 17.7 Å². The Morgan fingerprint density at radius 3 is 2.43 bits per heavy atom. The molecule has 0 radical (unpaired) electrons. The molecule has 6 nitrogen and oxygen atoms in total. The second kappa shape index (κ2) is 7.58. The summed E-state index contributed by atoms with van der Waals surface area (Å²) in [5.41, 5.74) is -0.519. The van der Waals surface area contributed by atoms with Gasteiger partial charge in [0.05, 0.1) is 19.0 Å². The highest BCUT2D eigenvalue weighted by Crippen LogP contribution is 2.30. The van der Waals surface area contributed by atoms with Crippen molar-refractivity contribution < 1.29 is 31.9 Å². The lowest BCUT2D eigenvalue weighted by molar-refractivity contribution is -0.144. The number of aromatic nitrogens is 1. The number of hydrogen-bond donors (Lipinski definition) is 0. The summed E-state index contributed by atoms with van der Waals surface area (Å²) in [5.74, 6) is -1.54. The highest BCUT2D eigenvalue weighted by Gasteiger charge is 2.42. The Hall–Kier alpha value is -3.17. The molecule has 2 fully saturated rings. The highest BCUT2D eigenvalue weighted by molar-refractivity contribution is 6.00. The largest absolute Gasteiger partial charge is 0.471 e. The predicted octanol–water partition coefficient (Wildman–Crippen LogP) is 2.88. The van der Waals surface area contributed by atoms with Gasteiger partial charge in [-0.05, 0) is 30.3 Å². The molecule has 1 aromatic heterocycles. The van der Waals surface area contributed by atoms with Crippen LogP contribution in [0, 0.1) is 11.7 Å². The zero-order chi connectivity index (χ0) is 21.5. The van der Waals surface area contributed by atoms with E-state index in [1.807, 2.05) is 0 Å². The molecule has 0 aliphatic carbocycles. The number of anilines is 1. The van der Waals surface area contributed by atoms with Crippen LogP contribution in [0.2, 0.25) is 0 Å². The van der Waals surface area contributed by atoms with Crippen molar-refractivity contribution in [3.05, 3.63) is 54.0 Å². The monoisotopic (exact) mass is 423 g/mol. The van der Waals surface area contributed by atoms with Crippen molar-refractivity contribution in [2.45, 2.75) is 18.7 Å². The van der Waals surface area contributed by atoms with E-state index in [2.05, 4.69) is 4.98 Å². The van der Waals surface area contributed by atoms with Gasteiger partial charge < -0.3 is 14.5 Å². The smallest absolute Gasteiger partial charge is 0.433 e. The molecule has 2 amide bonds. The van der Waals surface area contributed by atoms with E-state index < -0.39 is 29.7 Å². The minimum absolute atomic E-state index is 0.0490. The molecule has 0 saturated carbocycles. The van der Waals surface area contributed by atoms with Crippen molar-refractivity contribution in [1.29, 1.82) is 0 Å². The first-order valence-corrected chi connectivity index (χ1v) is 9.26. The zero-order valence-corrected chi connectivity index (χ0v) is 15.6. The van der Waals surface area contributed by atoms with Gasteiger partial charge in [0, 0.05) is 24.7 Å². The summed E-state index contributed by atoms with van der Waals surface area (Å²) in [6.45, 7) is 0.608. The van der Waals surface area contributed by atoms with Crippen LogP contribution < -0.4 is 9.64 Å². The number of benzene rings is 1. The molecule has 30 heavy (non-hydrogen) atoms. The molecule has 0 bridgehead atoms. The van der Waals surface area contributed by atoms with Gasteiger partial charge in [-0.25, -0.2) is 9.37 Å². The van der Waals surface area contributed by atoms with Crippen LogP contribution in [0.15, 0.2) is 42.5 Å². The van der Waals surface area contributed by atoms with E-state index in [9.17, 15) is 27.2 Å². The number of pyridine rings is 1. The van der Waals surface area contributed by atoms with Gasteiger partial charge in [0.1, 0.15) is 17.6 Å². The number of rotatable bonds is 4. The van der Waals surface area contributed by atoms with Crippen LogP contribution in [0.4, 0.5) is 23.2 Å². The van der Waals surface area contributed by atoms with E-state index in [0.717, 1.165) is 6.07 Å². The molecular weight excluding hydrogens is 406 g/mol. The van der Waals surface area contributed by atoms with E-state index >= 15 is 0 Å². The van der Waals surface area contributed by atoms with Crippen LogP contribution >= 0.6 is 0 Å². The van der Waals surface area contributed by atoms with Crippen LogP contribution in [0.5, 0.6) is 5.88 Å². The number of halogens is 4. The fourth-order valence-electron chi connectivity index (χ4n) is 3.50. The van der Waals surface area contributed by atoms with Gasteiger partial charge in [-0.2, -0.15) is 13.2 Å². The van der Waals surface area contributed by atoms with Gasteiger partial charge in [-0.15, -0.1) is 0 Å². The number of alkyl halides is 3. The molecule has 3 heterocycles. The molecule has 0 N–H and O–H groups in total. The van der Waals surface area contributed by atoms with Gasteiger partial charge in [0.15, 0.2) is 0 Å². The van der Waals surface area contributed by atoms with Gasteiger partial charge >= 0.3 is 6.18 Å². The van der Waals surface area contributed by atoms with Crippen molar-refractivity contribution in [3.63, 3.8) is 0 Å². The molecule has 1 aromatic carbocycles. The highest BCUT2D eigenvalue weighted by atomic mass is 19.4. The molecule has 1 unspecified atom stereocenters. The molecular formula is C20H17F4N3O3. The summed E-state index contributed by atoms with van der Waals surface area (Å²) >= 11 is 0. The van der Waals surface area contributed by atoms with Gasteiger partial charge in [-0.1, -0.05) is 6.07 Å². The van der Waals surface area contributed by atoms with Crippen molar-refractivity contribution in [2.75, 3.05) is 24.5 Å². The third kappa shape index (κ3) is 4.07. The first kappa shape index (κ1) is 20.1. The van der Waals surface area contributed by atoms with Crippen molar-refractivity contribution in [3.8, 4) is 5.88 Å². The number of carbonyl (C=O) groups excluding carboxylic acids is 2. The quantitative estimate of drug-likeness (QED) is 0.710. The molecule has 1 atom stereocenters. The molecule has 4 rings (SSSR count). The van der Waals surface area contributed by atoms with Crippen LogP contribution in [-0.2, 0) is 15.8 Å². The summed E-state index contributed by atoms with van der Waals surface area (Å²) < 4.78 is 56.7. The second-order valence-electron chi connectivity index (χ2n) is 7.22. The summed E-state index contributed by atoms with van der Waals surface area (Å²) in [5, 5.41) is 0. The lowest BCUT2D eigenvalue weighted by Crippen LogP contribution is -2.57. The molecule has 158 valence electrons. The van der Waals surface area contributed by atoms with E-state index in [-0.39, 0.29) is 43.7 Å². The molecule has 2 aromatic rings. The molecule has 2 saturated heterocycles.